The highest BCUT2D eigenvalue weighted by Gasteiger charge is 2.21. The molecule has 18 heavy (non-hydrogen) atoms. The summed E-state index contributed by atoms with van der Waals surface area (Å²) in [7, 11) is 0. The maximum Gasteiger partial charge on any atom is 0.0450 e. The summed E-state index contributed by atoms with van der Waals surface area (Å²) in [6, 6.07) is 8.90. The lowest BCUT2D eigenvalue weighted by atomic mass is 10.00. The quantitative estimate of drug-likeness (QED) is 0.782. The van der Waals surface area contributed by atoms with Gasteiger partial charge in [0.2, 0.25) is 0 Å². The van der Waals surface area contributed by atoms with Crippen molar-refractivity contribution < 1.29 is 0 Å². The minimum absolute atomic E-state index is 0.250. The van der Waals surface area contributed by atoms with E-state index < -0.39 is 0 Å². The third-order valence-corrected chi connectivity index (χ3v) is 5.34. The van der Waals surface area contributed by atoms with Gasteiger partial charge in [-0.3, -0.25) is 0 Å². The van der Waals surface area contributed by atoms with Gasteiger partial charge in [0.25, 0.3) is 0 Å². The molecule has 0 amide bonds. The van der Waals surface area contributed by atoms with E-state index in [1.165, 1.54) is 23.3 Å². The lowest BCUT2D eigenvalue weighted by Gasteiger charge is -2.25. The molecule has 3 unspecified atom stereocenters. The van der Waals surface area contributed by atoms with Gasteiger partial charge in [-0.1, -0.05) is 51.5 Å². The van der Waals surface area contributed by atoms with Crippen LogP contribution in [0.2, 0.25) is 0 Å². The van der Waals surface area contributed by atoms with Crippen molar-refractivity contribution in [2.24, 2.45) is 11.7 Å². The maximum atomic E-state index is 6.32. The Bertz CT molecular complexity index is 351. The van der Waals surface area contributed by atoms with Crippen LogP contribution < -0.4 is 5.73 Å². The van der Waals surface area contributed by atoms with Crippen molar-refractivity contribution in [3.8, 4) is 0 Å². The smallest absolute Gasteiger partial charge is 0.0450 e. The largest absolute Gasteiger partial charge is 0.326 e. The van der Waals surface area contributed by atoms with Crippen molar-refractivity contribution in [3.63, 3.8) is 0 Å². The van der Waals surface area contributed by atoms with Crippen LogP contribution in [0.5, 0.6) is 0 Å². The molecule has 0 aliphatic heterocycles. The summed E-state index contributed by atoms with van der Waals surface area (Å²) in [5.41, 5.74) is 9.11. The van der Waals surface area contributed by atoms with Crippen LogP contribution in [0.3, 0.4) is 0 Å². The zero-order chi connectivity index (χ0) is 13.5. The maximum absolute atomic E-state index is 6.32. The molecule has 0 aliphatic carbocycles. The number of aryl methyl sites for hydroxylation is 1. The van der Waals surface area contributed by atoms with Crippen LogP contribution in [0.1, 0.15) is 50.0 Å². The summed E-state index contributed by atoms with van der Waals surface area (Å²) >= 11 is 2.03. The second-order valence-electron chi connectivity index (χ2n) is 5.20. The fraction of sp³-hybridized carbons (Fsp3) is 0.625. The molecule has 0 spiro atoms. The monoisotopic (exact) mass is 265 g/mol. The van der Waals surface area contributed by atoms with Crippen LogP contribution in [-0.4, -0.2) is 11.8 Å². The number of hydrogen-bond donors (Lipinski definition) is 1. The van der Waals surface area contributed by atoms with E-state index in [0.29, 0.717) is 5.25 Å². The Morgan fingerprint density at radius 3 is 2.39 bits per heavy atom. The Hall–Kier alpha value is -0.470. The summed E-state index contributed by atoms with van der Waals surface area (Å²) in [6.07, 6.45) is 2.28. The Labute approximate surface area is 117 Å². The fourth-order valence-electron chi connectivity index (χ4n) is 1.95. The zero-order valence-electron chi connectivity index (χ0n) is 12.1. The Kier molecular flexibility index (Phi) is 6.80. The summed E-state index contributed by atoms with van der Waals surface area (Å²) < 4.78 is 0. The molecule has 1 nitrogen and oxygen atoms in total. The van der Waals surface area contributed by atoms with Crippen LogP contribution in [0.4, 0.5) is 0 Å². The number of benzene rings is 1. The molecule has 0 heterocycles. The van der Waals surface area contributed by atoms with Crippen molar-refractivity contribution >= 4 is 11.8 Å². The van der Waals surface area contributed by atoms with Gasteiger partial charge in [0.05, 0.1) is 0 Å². The fourth-order valence-corrected chi connectivity index (χ4v) is 3.61. The molecule has 1 rings (SSSR count). The van der Waals surface area contributed by atoms with E-state index in [0.717, 1.165) is 12.3 Å². The predicted octanol–water partition coefficient (Wildman–Crippen LogP) is 4.55. The number of hydrogen-bond acceptors (Lipinski definition) is 2. The highest BCUT2D eigenvalue weighted by Crippen LogP contribution is 2.35. The van der Waals surface area contributed by atoms with Crippen LogP contribution in [0.25, 0.3) is 0 Å². The van der Waals surface area contributed by atoms with Gasteiger partial charge in [0, 0.05) is 11.3 Å². The SMILES string of the molecule is CCC(C)CSC(c1ccccc1C)C(N)CC. The van der Waals surface area contributed by atoms with Gasteiger partial charge in [0.15, 0.2) is 0 Å². The van der Waals surface area contributed by atoms with Gasteiger partial charge < -0.3 is 5.73 Å². The molecule has 2 N–H and O–H groups in total. The molecular formula is C16H27NS. The standard InChI is InChI=1S/C16H27NS/c1-5-12(3)11-18-16(15(17)6-2)14-10-8-7-9-13(14)4/h7-10,12,15-16H,5-6,11,17H2,1-4H3. The third kappa shape index (κ3) is 4.33. The van der Waals surface area contributed by atoms with Crippen molar-refractivity contribution in [1.82, 2.24) is 0 Å². The predicted molar refractivity (Wildman–Crippen MR) is 84.1 cm³/mol. The van der Waals surface area contributed by atoms with E-state index in [9.17, 15) is 0 Å². The Morgan fingerprint density at radius 1 is 1.17 bits per heavy atom. The highest BCUT2D eigenvalue weighted by atomic mass is 32.2. The molecule has 0 saturated carbocycles. The molecule has 0 radical (unpaired) electrons. The van der Waals surface area contributed by atoms with Crippen molar-refractivity contribution in [2.75, 3.05) is 5.75 Å². The van der Waals surface area contributed by atoms with Gasteiger partial charge in [-0.15, -0.1) is 0 Å². The van der Waals surface area contributed by atoms with E-state index in [1.807, 2.05) is 11.8 Å². The van der Waals surface area contributed by atoms with Gasteiger partial charge in [-0.25, -0.2) is 0 Å². The summed E-state index contributed by atoms with van der Waals surface area (Å²) in [4.78, 5) is 0. The molecule has 3 atom stereocenters. The molecule has 0 aliphatic rings. The van der Waals surface area contributed by atoms with Gasteiger partial charge in [-0.2, -0.15) is 11.8 Å². The van der Waals surface area contributed by atoms with E-state index >= 15 is 0 Å². The average Bonchev–Trinajstić information content (AvgIpc) is 2.40. The van der Waals surface area contributed by atoms with Gasteiger partial charge >= 0.3 is 0 Å². The lowest BCUT2D eigenvalue weighted by molar-refractivity contribution is 0.614. The normalized spacial score (nSPS) is 16.3. The minimum atomic E-state index is 0.250. The molecule has 0 fully saturated rings. The van der Waals surface area contributed by atoms with Crippen molar-refractivity contribution in [2.45, 2.75) is 51.8 Å². The molecule has 1 aromatic rings. The topological polar surface area (TPSA) is 26.0 Å². The first-order valence-electron chi connectivity index (χ1n) is 7.02. The van der Waals surface area contributed by atoms with Crippen molar-refractivity contribution in [1.29, 1.82) is 0 Å². The van der Waals surface area contributed by atoms with E-state index in [4.69, 9.17) is 5.73 Å². The third-order valence-electron chi connectivity index (χ3n) is 3.61. The first kappa shape index (κ1) is 15.6. The van der Waals surface area contributed by atoms with Gasteiger partial charge in [-0.05, 0) is 36.1 Å². The molecule has 2 heteroatoms. The second-order valence-corrected chi connectivity index (χ2v) is 6.37. The van der Waals surface area contributed by atoms with Crippen LogP contribution in [-0.2, 0) is 0 Å². The average molecular weight is 265 g/mol. The van der Waals surface area contributed by atoms with Gasteiger partial charge in [0.1, 0.15) is 0 Å². The zero-order valence-corrected chi connectivity index (χ0v) is 13.0. The van der Waals surface area contributed by atoms with Crippen LogP contribution in [0, 0.1) is 12.8 Å². The van der Waals surface area contributed by atoms with Crippen LogP contribution >= 0.6 is 11.8 Å². The molecule has 1 aromatic carbocycles. The molecule has 102 valence electrons. The summed E-state index contributed by atoms with van der Waals surface area (Å²) in [5.74, 6) is 1.97. The van der Waals surface area contributed by atoms with E-state index in [1.54, 1.807) is 0 Å². The Morgan fingerprint density at radius 2 is 1.83 bits per heavy atom. The van der Waals surface area contributed by atoms with E-state index in [2.05, 4.69) is 52.0 Å². The summed E-state index contributed by atoms with van der Waals surface area (Å²) in [5, 5.41) is 0.435. The minimum Gasteiger partial charge on any atom is -0.326 e. The molecule has 0 bridgehead atoms. The number of rotatable bonds is 7. The van der Waals surface area contributed by atoms with Crippen LogP contribution in [0.15, 0.2) is 24.3 Å². The van der Waals surface area contributed by atoms with E-state index in [-0.39, 0.29) is 6.04 Å². The first-order valence-corrected chi connectivity index (χ1v) is 8.07. The highest BCUT2D eigenvalue weighted by molar-refractivity contribution is 7.99. The number of thioether (sulfide) groups is 1. The summed E-state index contributed by atoms with van der Waals surface area (Å²) in [6.45, 7) is 8.95. The molecule has 0 aromatic heterocycles. The van der Waals surface area contributed by atoms with Crippen molar-refractivity contribution in [3.05, 3.63) is 35.4 Å². The molecular weight excluding hydrogens is 238 g/mol. The Balaban J connectivity index is 2.82. The molecule has 0 saturated heterocycles. The number of nitrogens with two attached hydrogens (primary N) is 1. The first-order chi connectivity index (χ1) is 8.60. The second kappa shape index (κ2) is 7.85. The lowest BCUT2D eigenvalue weighted by Crippen LogP contribution is -2.26.